The molecule has 0 saturated carbocycles. The summed E-state index contributed by atoms with van der Waals surface area (Å²) >= 11 is 11.1. The fraction of sp³-hybridized carbons (Fsp3) is 0.227. The van der Waals surface area contributed by atoms with Gasteiger partial charge in [0, 0.05) is 29.6 Å². The molecule has 0 aliphatic heterocycles. The molecule has 0 aliphatic rings. The van der Waals surface area contributed by atoms with Crippen molar-refractivity contribution in [3.63, 3.8) is 0 Å². The van der Waals surface area contributed by atoms with Crippen LogP contribution in [0.1, 0.15) is 19.3 Å². The van der Waals surface area contributed by atoms with Gasteiger partial charge in [0.25, 0.3) is 5.56 Å². The van der Waals surface area contributed by atoms with Crippen molar-refractivity contribution >= 4 is 57.3 Å². The molecule has 4 aromatic rings. The zero-order valence-corrected chi connectivity index (χ0v) is 18.7. The molecule has 3 N–H and O–H groups in total. The Kier molecular flexibility index (Phi) is 6.29. The first-order valence-corrected chi connectivity index (χ1v) is 10.7. The highest BCUT2D eigenvalue weighted by atomic mass is 35.5. The van der Waals surface area contributed by atoms with E-state index in [-0.39, 0.29) is 22.9 Å². The topological polar surface area (TPSA) is 91.9 Å². The number of carbonyl (C=O) groups is 1. The Balaban J connectivity index is 1.43. The van der Waals surface area contributed by atoms with E-state index in [2.05, 4.69) is 15.3 Å². The van der Waals surface area contributed by atoms with E-state index in [9.17, 15) is 14.0 Å². The van der Waals surface area contributed by atoms with Gasteiger partial charge in [-0.1, -0.05) is 11.6 Å². The van der Waals surface area contributed by atoms with E-state index in [1.165, 1.54) is 22.8 Å². The number of amides is 1. The maximum absolute atomic E-state index is 13.2. The summed E-state index contributed by atoms with van der Waals surface area (Å²) in [7, 11) is 1.58. The molecule has 0 radical (unpaired) electrons. The Morgan fingerprint density at radius 2 is 2.00 bits per heavy atom. The molecule has 32 heavy (non-hydrogen) atoms. The Hall–Kier alpha value is -3.17. The molecule has 0 unspecified atom stereocenters. The molecule has 2 heterocycles. The number of anilines is 1. The average molecular weight is 475 g/mol. The molecule has 10 heteroatoms. The molecule has 7 nitrogen and oxygen atoms in total. The highest BCUT2D eigenvalue weighted by Crippen LogP contribution is 2.26. The quantitative estimate of drug-likeness (QED) is 0.255. The highest BCUT2D eigenvalue weighted by molar-refractivity contribution is 7.71. The number of H-pyrrole nitrogens is 2. The van der Waals surface area contributed by atoms with Crippen molar-refractivity contribution in [2.24, 2.45) is 0 Å². The third kappa shape index (κ3) is 4.39. The van der Waals surface area contributed by atoms with Crippen LogP contribution in [0.3, 0.4) is 0 Å². The number of ether oxygens (including phenoxy) is 1. The average Bonchev–Trinajstić information content (AvgIpc) is 3.13. The number of halogens is 2. The fourth-order valence-corrected chi connectivity index (χ4v) is 4.00. The van der Waals surface area contributed by atoms with Crippen molar-refractivity contribution < 1.29 is 13.9 Å². The first kappa shape index (κ1) is 22.0. The van der Waals surface area contributed by atoms with Crippen LogP contribution >= 0.6 is 23.8 Å². The third-order valence-electron chi connectivity index (χ3n) is 5.18. The van der Waals surface area contributed by atoms with E-state index in [1.807, 2.05) is 18.2 Å². The molecule has 4 rings (SSSR count). The summed E-state index contributed by atoms with van der Waals surface area (Å²) in [5, 5.41) is 3.45. The Morgan fingerprint density at radius 3 is 2.75 bits per heavy atom. The van der Waals surface area contributed by atoms with E-state index in [1.54, 1.807) is 7.11 Å². The predicted molar refractivity (Wildman–Crippen MR) is 126 cm³/mol. The maximum atomic E-state index is 13.2. The number of aromatic amines is 2. The number of methoxy groups -OCH3 is 1. The van der Waals surface area contributed by atoms with Gasteiger partial charge in [-0.3, -0.25) is 14.2 Å². The molecule has 0 spiro atoms. The lowest BCUT2D eigenvalue weighted by Gasteiger charge is -2.08. The molecule has 0 atom stereocenters. The molecular formula is C22H20ClFN4O3S. The Morgan fingerprint density at radius 1 is 1.19 bits per heavy atom. The number of carbonyl (C=O) groups excluding carboxylic acids is 1. The van der Waals surface area contributed by atoms with Gasteiger partial charge in [0.2, 0.25) is 5.91 Å². The smallest absolute Gasteiger partial charge is 0.278 e. The molecule has 2 aromatic heterocycles. The Labute approximate surface area is 192 Å². The van der Waals surface area contributed by atoms with Crippen LogP contribution in [0.5, 0.6) is 5.75 Å². The lowest BCUT2D eigenvalue weighted by atomic mass is 10.2. The van der Waals surface area contributed by atoms with Gasteiger partial charge < -0.3 is 20.0 Å². The molecule has 2 aromatic carbocycles. The highest BCUT2D eigenvalue weighted by Gasteiger charge is 2.13. The first-order chi connectivity index (χ1) is 15.4. The van der Waals surface area contributed by atoms with Crippen molar-refractivity contribution in [1.29, 1.82) is 0 Å². The number of unbranched alkanes of at least 4 members (excludes halogenated alkanes) is 1. The molecule has 0 saturated heterocycles. The number of fused-ring (bicyclic) bond motifs is 3. The lowest BCUT2D eigenvalue weighted by molar-refractivity contribution is -0.116. The zero-order chi connectivity index (χ0) is 22.8. The minimum Gasteiger partial charge on any atom is -0.497 e. The van der Waals surface area contributed by atoms with Crippen LogP contribution in [0, 0.1) is 10.6 Å². The van der Waals surface area contributed by atoms with Crippen molar-refractivity contribution in [2.75, 3.05) is 12.4 Å². The Bertz CT molecular complexity index is 1440. The molecule has 0 fully saturated rings. The monoisotopic (exact) mass is 474 g/mol. The van der Waals surface area contributed by atoms with Gasteiger partial charge in [-0.05, 0) is 61.5 Å². The zero-order valence-electron chi connectivity index (χ0n) is 17.1. The fourth-order valence-electron chi connectivity index (χ4n) is 3.55. The van der Waals surface area contributed by atoms with E-state index < -0.39 is 5.82 Å². The standard InChI is InChI=1S/C22H20ClFN4O3S/c1-31-13-6-8-17-14(11-13)19-20(26-17)21(30)28(22(32)27-19)9-3-2-4-18(29)25-12-5-7-16(24)15(23)10-12/h5-8,10-11,26H,2-4,9H2,1H3,(H,25,29)(H,27,32). The summed E-state index contributed by atoms with van der Waals surface area (Å²) in [5.74, 6) is -0.0778. The van der Waals surface area contributed by atoms with Crippen molar-refractivity contribution in [3.05, 3.63) is 62.4 Å². The summed E-state index contributed by atoms with van der Waals surface area (Å²) in [6.45, 7) is 0.373. The minimum absolute atomic E-state index is 0.0535. The number of hydrogen-bond donors (Lipinski definition) is 3. The predicted octanol–water partition coefficient (Wildman–Crippen LogP) is 5.15. The summed E-state index contributed by atoms with van der Waals surface area (Å²) < 4.78 is 20.3. The molecular weight excluding hydrogens is 455 g/mol. The number of aromatic nitrogens is 3. The van der Waals surface area contributed by atoms with Gasteiger partial charge in [-0.15, -0.1) is 0 Å². The van der Waals surface area contributed by atoms with E-state index in [0.717, 1.165) is 10.9 Å². The van der Waals surface area contributed by atoms with Crippen LogP contribution in [0.15, 0.2) is 41.2 Å². The summed E-state index contributed by atoms with van der Waals surface area (Å²) in [6, 6.07) is 9.51. The van der Waals surface area contributed by atoms with Crippen LogP contribution < -0.4 is 15.6 Å². The number of rotatable bonds is 7. The van der Waals surface area contributed by atoms with Gasteiger partial charge in [-0.2, -0.15) is 0 Å². The van der Waals surface area contributed by atoms with E-state index in [4.69, 9.17) is 28.6 Å². The van der Waals surface area contributed by atoms with Gasteiger partial charge >= 0.3 is 0 Å². The van der Waals surface area contributed by atoms with Gasteiger partial charge in [-0.25, -0.2) is 4.39 Å². The molecule has 1 amide bonds. The second-order valence-corrected chi connectivity index (χ2v) is 8.10. The van der Waals surface area contributed by atoms with Crippen molar-refractivity contribution in [2.45, 2.75) is 25.8 Å². The SMILES string of the molecule is COc1ccc2[nH]c3c(=O)n(CCCCC(=O)Nc4ccc(F)c(Cl)c4)c(=S)[nH]c3c2c1. The minimum atomic E-state index is -0.544. The van der Waals surface area contributed by atoms with E-state index in [0.29, 0.717) is 46.6 Å². The first-order valence-electron chi connectivity index (χ1n) is 9.95. The van der Waals surface area contributed by atoms with Crippen LogP contribution in [0.4, 0.5) is 10.1 Å². The number of nitrogens with one attached hydrogen (secondary N) is 3. The second-order valence-electron chi connectivity index (χ2n) is 7.31. The summed E-state index contributed by atoms with van der Waals surface area (Å²) in [5.41, 5.74) is 2.10. The van der Waals surface area contributed by atoms with Crippen LogP contribution in [0.2, 0.25) is 5.02 Å². The van der Waals surface area contributed by atoms with Gasteiger partial charge in [0.1, 0.15) is 17.1 Å². The maximum Gasteiger partial charge on any atom is 0.278 e. The van der Waals surface area contributed by atoms with Crippen LogP contribution in [0.25, 0.3) is 21.9 Å². The lowest BCUT2D eigenvalue weighted by Crippen LogP contribution is -2.22. The number of nitrogens with zero attached hydrogens (tertiary/aromatic N) is 1. The van der Waals surface area contributed by atoms with Crippen molar-refractivity contribution in [3.8, 4) is 5.75 Å². The normalized spacial score (nSPS) is 11.2. The molecule has 0 bridgehead atoms. The summed E-state index contributed by atoms with van der Waals surface area (Å²) in [4.78, 5) is 31.4. The number of hydrogen-bond acceptors (Lipinski definition) is 4. The number of benzene rings is 2. The van der Waals surface area contributed by atoms with E-state index >= 15 is 0 Å². The van der Waals surface area contributed by atoms with Crippen LogP contribution in [-0.2, 0) is 11.3 Å². The van der Waals surface area contributed by atoms with Crippen LogP contribution in [-0.4, -0.2) is 27.6 Å². The second kappa shape index (κ2) is 9.13. The van der Waals surface area contributed by atoms with Gasteiger partial charge in [0.15, 0.2) is 4.77 Å². The van der Waals surface area contributed by atoms with Gasteiger partial charge in [0.05, 0.1) is 17.6 Å². The summed E-state index contributed by atoms with van der Waals surface area (Å²) in [6.07, 6.45) is 1.37. The van der Waals surface area contributed by atoms with Crippen molar-refractivity contribution in [1.82, 2.24) is 14.5 Å². The largest absolute Gasteiger partial charge is 0.497 e. The third-order valence-corrected chi connectivity index (χ3v) is 5.79. The molecule has 0 aliphatic carbocycles. The molecule has 166 valence electrons.